The number of hydrogen-bond donors (Lipinski definition) is 2. The van der Waals surface area contributed by atoms with E-state index in [2.05, 4.69) is 5.32 Å². The second-order valence-corrected chi connectivity index (χ2v) is 7.17. The molecule has 1 fully saturated rings. The number of carbonyl (C=O) groups is 1. The molecule has 0 saturated heterocycles. The fraction of sp³-hybridized carbons (Fsp3) is 0.438. The summed E-state index contributed by atoms with van der Waals surface area (Å²) >= 11 is 7.41. The minimum atomic E-state index is -0.0668. The largest absolute Gasteiger partial charge is 0.397 e. The van der Waals surface area contributed by atoms with Gasteiger partial charge in [0, 0.05) is 21.7 Å². The van der Waals surface area contributed by atoms with Crippen molar-refractivity contribution in [3.63, 3.8) is 0 Å². The quantitative estimate of drug-likeness (QED) is 0.874. The Morgan fingerprint density at radius 1 is 1.38 bits per heavy atom. The van der Waals surface area contributed by atoms with Gasteiger partial charge in [-0.3, -0.25) is 4.79 Å². The molecule has 1 aliphatic carbocycles. The van der Waals surface area contributed by atoms with Crippen LogP contribution in [0.5, 0.6) is 0 Å². The standard InChI is InChI=1S/C16H19ClN2OS/c17-11-5-6-13-12(9-11)14(18)15(21-13)16(20)19-8-7-10-3-1-2-4-10/h5-6,9-10H,1-4,7-8,18H2,(H,19,20). The minimum absolute atomic E-state index is 0.0668. The van der Waals surface area contributed by atoms with E-state index in [4.69, 9.17) is 17.3 Å². The molecule has 5 heteroatoms. The molecule has 3 nitrogen and oxygen atoms in total. The number of halogens is 1. The summed E-state index contributed by atoms with van der Waals surface area (Å²) in [5, 5.41) is 4.51. The summed E-state index contributed by atoms with van der Waals surface area (Å²) in [6, 6.07) is 5.55. The number of amides is 1. The normalized spacial score (nSPS) is 15.7. The molecule has 1 saturated carbocycles. The van der Waals surface area contributed by atoms with Crippen LogP contribution in [0.15, 0.2) is 18.2 Å². The van der Waals surface area contributed by atoms with Gasteiger partial charge in [0.1, 0.15) is 4.88 Å². The second-order valence-electron chi connectivity index (χ2n) is 5.68. The fourth-order valence-electron chi connectivity index (χ4n) is 3.03. The Balaban J connectivity index is 1.67. The van der Waals surface area contributed by atoms with E-state index in [1.807, 2.05) is 18.2 Å². The molecular formula is C16H19ClN2OS. The zero-order valence-electron chi connectivity index (χ0n) is 11.8. The SMILES string of the molecule is Nc1c(C(=O)NCCC2CCCC2)sc2ccc(Cl)cc12. The lowest BCUT2D eigenvalue weighted by Crippen LogP contribution is -2.25. The number of carbonyl (C=O) groups excluding carboxylic acids is 1. The van der Waals surface area contributed by atoms with Gasteiger partial charge in [0.15, 0.2) is 0 Å². The van der Waals surface area contributed by atoms with Gasteiger partial charge in [-0.05, 0) is 30.5 Å². The molecule has 2 aromatic rings. The molecule has 3 rings (SSSR count). The smallest absolute Gasteiger partial charge is 0.263 e. The van der Waals surface area contributed by atoms with Gasteiger partial charge in [0.25, 0.3) is 5.91 Å². The molecule has 1 aliphatic rings. The number of fused-ring (bicyclic) bond motifs is 1. The highest BCUT2D eigenvalue weighted by Gasteiger charge is 2.18. The van der Waals surface area contributed by atoms with Crippen LogP contribution in [0.25, 0.3) is 10.1 Å². The highest BCUT2D eigenvalue weighted by Crippen LogP contribution is 2.35. The second kappa shape index (κ2) is 6.24. The summed E-state index contributed by atoms with van der Waals surface area (Å²) in [5.74, 6) is 0.715. The summed E-state index contributed by atoms with van der Waals surface area (Å²) in [6.07, 6.45) is 6.35. The van der Waals surface area contributed by atoms with Crippen LogP contribution < -0.4 is 11.1 Å². The van der Waals surface area contributed by atoms with Crippen molar-refractivity contribution >= 4 is 44.6 Å². The van der Waals surface area contributed by atoms with Crippen molar-refractivity contribution in [1.82, 2.24) is 5.32 Å². The Bertz CT molecular complexity index is 662. The predicted molar refractivity (Wildman–Crippen MR) is 90.2 cm³/mol. The van der Waals surface area contributed by atoms with Crippen molar-refractivity contribution in [1.29, 1.82) is 0 Å². The van der Waals surface area contributed by atoms with Crippen molar-refractivity contribution in [2.24, 2.45) is 5.92 Å². The number of hydrogen-bond acceptors (Lipinski definition) is 3. The monoisotopic (exact) mass is 322 g/mol. The van der Waals surface area contributed by atoms with Crippen molar-refractivity contribution in [3.05, 3.63) is 28.1 Å². The lowest BCUT2D eigenvalue weighted by atomic mass is 10.0. The van der Waals surface area contributed by atoms with E-state index in [1.165, 1.54) is 37.0 Å². The molecule has 0 atom stereocenters. The third-order valence-electron chi connectivity index (χ3n) is 4.21. The van der Waals surface area contributed by atoms with Gasteiger partial charge in [-0.1, -0.05) is 37.3 Å². The molecular weight excluding hydrogens is 304 g/mol. The summed E-state index contributed by atoms with van der Waals surface area (Å²) in [4.78, 5) is 12.9. The van der Waals surface area contributed by atoms with E-state index in [0.29, 0.717) is 15.6 Å². The van der Waals surface area contributed by atoms with Crippen LogP contribution in [-0.4, -0.2) is 12.5 Å². The Kier molecular flexibility index (Phi) is 4.36. The van der Waals surface area contributed by atoms with Crippen LogP contribution in [0.1, 0.15) is 41.8 Å². The van der Waals surface area contributed by atoms with E-state index < -0.39 is 0 Å². The summed E-state index contributed by atoms with van der Waals surface area (Å²) in [5.41, 5.74) is 6.63. The van der Waals surface area contributed by atoms with Gasteiger partial charge in [-0.25, -0.2) is 0 Å². The van der Waals surface area contributed by atoms with E-state index >= 15 is 0 Å². The third-order valence-corrected chi connectivity index (χ3v) is 5.63. The van der Waals surface area contributed by atoms with Crippen molar-refractivity contribution < 1.29 is 4.79 Å². The molecule has 0 spiro atoms. The van der Waals surface area contributed by atoms with Gasteiger partial charge in [-0.15, -0.1) is 11.3 Å². The molecule has 1 amide bonds. The number of thiophene rings is 1. The maximum Gasteiger partial charge on any atom is 0.263 e. The zero-order chi connectivity index (χ0) is 14.8. The molecule has 3 N–H and O–H groups in total. The van der Waals surface area contributed by atoms with E-state index in [1.54, 1.807) is 0 Å². The Morgan fingerprint density at radius 2 is 2.14 bits per heavy atom. The molecule has 0 aliphatic heterocycles. The average molecular weight is 323 g/mol. The molecule has 1 aromatic carbocycles. The van der Waals surface area contributed by atoms with E-state index in [9.17, 15) is 4.79 Å². The summed E-state index contributed by atoms with van der Waals surface area (Å²) in [6.45, 7) is 0.734. The minimum Gasteiger partial charge on any atom is -0.397 e. The number of nitrogens with two attached hydrogens (primary N) is 1. The molecule has 21 heavy (non-hydrogen) atoms. The van der Waals surface area contributed by atoms with Gasteiger partial charge in [-0.2, -0.15) is 0 Å². The number of nitrogens with one attached hydrogen (secondary N) is 1. The maximum absolute atomic E-state index is 12.3. The average Bonchev–Trinajstić information content (AvgIpc) is 3.08. The predicted octanol–water partition coefficient (Wildman–Crippen LogP) is 4.45. The Labute approximate surface area is 133 Å². The molecule has 112 valence electrons. The number of anilines is 1. The van der Waals surface area contributed by atoms with Gasteiger partial charge >= 0.3 is 0 Å². The van der Waals surface area contributed by atoms with Crippen molar-refractivity contribution in [2.75, 3.05) is 12.3 Å². The van der Waals surface area contributed by atoms with E-state index in [-0.39, 0.29) is 5.91 Å². The lowest BCUT2D eigenvalue weighted by Gasteiger charge is -2.09. The molecule has 0 radical (unpaired) electrons. The Hall–Kier alpha value is -1.26. The first-order chi connectivity index (χ1) is 10.1. The molecule has 1 aromatic heterocycles. The highest BCUT2D eigenvalue weighted by molar-refractivity contribution is 7.21. The van der Waals surface area contributed by atoms with Crippen LogP contribution >= 0.6 is 22.9 Å². The molecule has 1 heterocycles. The number of rotatable bonds is 4. The highest BCUT2D eigenvalue weighted by atomic mass is 35.5. The topological polar surface area (TPSA) is 55.1 Å². The Morgan fingerprint density at radius 3 is 2.90 bits per heavy atom. The molecule has 0 unspecified atom stereocenters. The van der Waals surface area contributed by atoms with E-state index in [0.717, 1.165) is 29.0 Å². The number of benzene rings is 1. The third kappa shape index (κ3) is 3.16. The van der Waals surface area contributed by atoms with Crippen molar-refractivity contribution in [3.8, 4) is 0 Å². The fourth-order valence-corrected chi connectivity index (χ4v) is 4.22. The first-order valence-electron chi connectivity index (χ1n) is 7.41. The summed E-state index contributed by atoms with van der Waals surface area (Å²) < 4.78 is 0.998. The van der Waals surface area contributed by atoms with Gasteiger partial charge in [0.05, 0.1) is 5.69 Å². The van der Waals surface area contributed by atoms with Gasteiger partial charge < -0.3 is 11.1 Å². The van der Waals surface area contributed by atoms with Crippen LogP contribution in [0.3, 0.4) is 0 Å². The summed E-state index contributed by atoms with van der Waals surface area (Å²) in [7, 11) is 0. The first kappa shape index (κ1) is 14.7. The van der Waals surface area contributed by atoms with Crippen LogP contribution in [-0.2, 0) is 0 Å². The van der Waals surface area contributed by atoms with Crippen LogP contribution in [0.4, 0.5) is 5.69 Å². The lowest BCUT2D eigenvalue weighted by molar-refractivity contribution is 0.0956. The van der Waals surface area contributed by atoms with Crippen molar-refractivity contribution in [2.45, 2.75) is 32.1 Å². The van der Waals surface area contributed by atoms with Crippen LogP contribution in [0, 0.1) is 5.92 Å². The number of nitrogen functional groups attached to an aromatic ring is 1. The first-order valence-corrected chi connectivity index (χ1v) is 8.60. The zero-order valence-corrected chi connectivity index (χ0v) is 13.4. The van der Waals surface area contributed by atoms with Crippen LogP contribution in [0.2, 0.25) is 5.02 Å². The maximum atomic E-state index is 12.3. The van der Waals surface area contributed by atoms with Gasteiger partial charge in [0.2, 0.25) is 0 Å². The molecule has 0 bridgehead atoms.